The van der Waals surface area contributed by atoms with E-state index in [1.165, 1.54) is 26.2 Å². The lowest BCUT2D eigenvalue weighted by Gasteiger charge is -2.59. The molecule has 0 aromatic rings. The zero-order valence-electron chi connectivity index (χ0n) is 34.0. The monoisotopic (exact) mass is 749 g/mol. The van der Waals surface area contributed by atoms with E-state index in [-0.39, 0.29) is 59.8 Å². The van der Waals surface area contributed by atoms with Crippen LogP contribution in [0, 0.1) is 45.3 Å². The number of likely N-dealkylation sites (tertiary alicyclic amines) is 1. The number of esters is 1. The highest BCUT2D eigenvalue weighted by atomic mass is 32.1. The minimum atomic E-state index is -1.26. The fourth-order valence-electron chi connectivity index (χ4n) is 13.7. The summed E-state index contributed by atoms with van der Waals surface area (Å²) in [4.78, 5) is 31.7. The summed E-state index contributed by atoms with van der Waals surface area (Å²) in [7, 11) is 0. The van der Waals surface area contributed by atoms with Crippen molar-refractivity contribution in [3.05, 3.63) is 0 Å². The Hall–Kier alpha value is -0.750. The molecule has 52 heavy (non-hydrogen) atoms. The van der Waals surface area contributed by atoms with Crippen molar-refractivity contribution in [2.45, 2.75) is 175 Å². The Kier molecular flexibility index (Phi) is 11.3. The summed E-state index contributed by atoms with van der Waals surface area (Å²) >= 11 is 0. The maximum atomic E-state index is 14.6. The number of carbonyl (C=O) groups is 2. The van der Waals surface area contributed by atoms with Crippen LogP contribution in [0.1, 0.15) is 127 Å². The number of ether oxygens (including phenoxy) is 4. The molecule has 298 valence electrons. The van der Waals surface area contributed by atoms with Crippen LogP contribution in [0.4, 0.5) is 0 Å². The fraction of sp³-hybridized carbons (Fsp3) is 0.952. The van der Waals surface area contributed by atoms with E-state index in [4.69, 9.17) is 18.9 Å². The van der Waals surface area contributed by atoms with Gasteiger partial charge in [0.05, 0.1) is 24.4 Å². The third kappa shape index (κ3) is 6.27. The largest absolute Gasteiger partial charge is 0.457 e. The second kappa shape index (κ2) is 14.3. The van der Waals surface area contributed by atoms with Gasteiger partial charge in [-0.25, -0.2) is 0 Å². The molecular formula is C42H72N2O7S. The molecule has 0 aromatic heterocycles. The number of fused-ring (bicyclic) bond motifs is 4. The first kappa shape index (κ1) is 40.9. The minimum absolute atomic E-state index is 0. The Morgan fingerprint density at radius 3 is 2.31 bits per heavy atom. The summed E-state index contributed by atoms with van der Waals surface area (Å²) in [5.41, 5.74) is -0.698. The van der Waals surface area contributed by atoms with Crippen molar-refractivity contribution in [2.75, 3.05) is 32.8 Å². The van der Waals surface area contributed by atoms with Crippen molar-refractivity contribution in [1.82, 2.24) is 9.80 Å². The van der Waals surface area contributed by atoms with Gasteiger partial charge >= 0.3 is 5.97 Å². The molecule has 5 aliphatic carbocycles. The highest BCUT2D eigenvalue weighted by Gasteiger charge is 2.82. The van der Waals surface area contributed by atoms with Gasteiger partial charge in [0.2, 0.25) is 0 Å². The highest BCUT2D eigenvalue weighted by molar-refractivity contribution is 7.59. The third-order valence-corrected chi connectivity index (χ3v) is 16.2. The van der Waals surface area contributed by atoms with E-state index < -0.39 is 29.9 Å². The van der Waals surface area contributed by atoms with E-state index in [0.717, 1.165) is 64.9 Å². The second-order valence-corrected chi connectivity index (χ2v) is 19.6. The Bertz CT molecular complexity index is 1330. The zero-order valence-corrected chi connectivity index (χ0v) is 35.0. The maximum Gasteiger partial charge on any atom is 0.303 e. The molecule has 0 amide bonds. The topological polar surface area (TPSA) is 97.8 Å². The van der Waals surface area contributed by atoms with E-state index in [0.29, 0.717) is 35.8 Å². The number of morpholine rings is 1. The van der Waals surface area contributed by atoms with Crippen molar-refractivity contribution >= 4 is 25.2 Å². The lowest BCUT2D eigenvalue weighted by atomic mass is 9.46. The molecule has 7 unspecified atom stereocenters. The van der Waals surface area contributed by atoms with Crippen molar-refractivity contribution in [1.29, 1.82) is 0 Å². The molecule has 10 heteroatoms. The Balaban J connectivity index is 0.00000152. The van der Waals surface area contributed by atoms with Crippen LogP contribution in [0.25, 0.3) is 0 Å². The van der Waals surface area contributed by atoms with Crippen LogP contribution < -0.4 is 0 Å². The molecular weight excluding hydrogens is 677 g/mol. The molecule has 8 aliphatic rings. The first-order valence-electron chi connectivity index (χ1n) is 20.9. The number of hydrogen-bond acceptors (Lipinski definition) is 9. The molecule has 12 atom stereocenters. The minimum Gasteiger partial charge on any atom is -0.457 e. The predicted octanol–water partition coefficient (Wildman–Crippen LogP) is 6.35. The highest BCUT2D eigenvalue weighted by Crippen LogP contribution is 2.87. The lowest BCUT2D eigenvalue weighted by Crippen LogP contribution is -2.64. The van der Waals surface area contributed by atoms with Crippen LogP contribution in [0.3, 0.4) is 0 Å². The zero-order chi connectivity index (χ0) is 36.9. The summed E-state index contributed by atoms with van der Waals surface area (Å²) in [5.74, 6) is 1.09. The summed E-state index contributed by atoms with van der Waals surface area (Å²) in [6.07, 6.45) is 7.97. The predicted molar refractivity (Wildman–Crippen MR) is 206 cm³/mol. The summed E-state index contributed by atoms with van der Waals surface area (Å²) < 4.78 is 25.5. The average Bonchev–Trinajstić information content (AvgIpc) is 3.66. The van der Waals surface area contributed by atoms with E-state index in [1.54, 1.807) is 13.8 Å². The second-order valence-electron chi connectivity index (χ2n) is 19.6. The fourth-order valence-corrected chi connectivity index (χ4v) is 13.7. The first-order chi connectivity index (χ1) is 24.0. The number of rotatable bonds is 7. The molecule has 0 bridgehead atoms. The molecule has 3 aliphatic heterocycles. The van der Waals surface area contributed by atoms with Crippen LogP contribution in [0.5, 0.6) is 0 Å². The third-order valence-electron chi connectivity index (χ3n) is 16.2. The molecule has 5 saturated carbocycles. The Morgan fingerprint density at radius 2 is 1.65 bits per heavy atom. The van der Waals surface area contributed by atoms with Crippen LogP contribution in [0.2, 0.25) is 0 Å². The van der Waals surface area contributed by atoms with Crippen molar-refractivity contribution in [3.8, 4) is 0 Å². The average molecular weight is 749 g/mol. The smallest absolute Gasteiger partial charge is 0.303 e. The van der Waals surface area contributed by atoms with Gasteiger partial charge in [0.1, 0.15) is 6.10 Å². The summed E-state index contributed by atoms with van der Waals surface area (Å²) in [6.45, 7) is 25.5. The summed E-state index contributed by atoms with van der Waals surface area (Å²) in [6, 6.07) is 1.23. The summed E-state index contributed by atoms with van der Waals surface area (Å²) in [5, 5.41) is 10.9. The van der Waals surface area contributed by atoms with Gasteiger partial charge < -0.3 is 24.1 Å². The van der Waals surface area contributed by atoms with Gasteiger partial charge in [-0.3, -0.25) is 19.4 Å². The van der Waals surface area contributed by atoms with Gasteiger partial charge in [-0.15, -0.1) is 0 Å². The molecule has 3 heterocycles. The van der Waals surface area contributed by atoms with E-state index in [9.17, 15) is 14.7 Å². The van der Waals surface area contributed by atoms with Crippen LogP contribution in [0.15, 0.2) is 0 Å². The normalized spacial score (nSPS) is 44.7. The van der Waals surface area contributed by atoms with Gasteiger partial charge in [-0.05, 0) is 125 Å². The van der Waals surface area contributed by atoms with Gasteiger partial charge in [0.15, 0.2) is 18.2 Å². The standard InChI is InChI=1S/C40H64N2O7.C2H6.H2S/c1-23(2)42-19-25(20-42)41-17-18-46-31(21-41)49-30-13-14-40-22-39(40)16-15-38(8)27-9-11-28(35(37(6,7)45)47-24(3)43)48-34(27)33(44)32(38)26(39)10-12-29(40)36(30,4)5;1-2;/h23,25-32,34-35,45H,9-22H2,1-8H3;1-2H3;1H2/t26?,27?,28?,29?,30-,31?,32?,34?,35-,38+,39-,40+;;/m0../s1. The number of carbonyl (C=O) groups excluding carboxylic acids is 2. The van der Waals surface area contributed by atoms with Gasteiger partial charge in [0.25, 0.3) is 0 Å². The van der Waals surface area contributed by atoms with E-state index >= 15 is 0 Å². The number of hydrogen-bond donors (Lipinski definition) is 1. The van der Waals surface area contributed by atoms with Crippen molar-refractivity contribution in [2.24, 2.45) is 45.3 Å². The molecule has 2 spiro atoms. The van der Waals surface area contributed by atoms with E-state index in [1.807, 2.05) is 13.8 Å². The van der Waals surface area contributed by atoms with Crippen LogP contribution >= 0.6 is 13.5 Å². The first-order valence-corrected chi connectivity index (χ1v) is 20.9. The molecule has 3 saturated heterocycles. The Morgan fingerprint density at radius 1 is 0.962 bits per heavy atom. The van der Waals surface area contributed by atoms with E-state index in [2.05, 4.69) is 44.4 Å². The Labute approximate surface area is 321 Å². The number of ketones is 1. The van der Waals surface area contributed by atoms with Crippen LogP contribution in [-0.2, 0) is 28.5 Å². The number of nitrogens with zero attached hydrogens (tertiary/aromatic N) is 2. The quantitative estimate of drug-likeness (QED) is 0.299. The van der Waals surface area contributed by atoms with Gasteiger partial charge in [-0.2, -0.15) is 13.5 Å². The van der Waals surface area contributed by atoms with Crippen molar-refractivity contribution in [3.63, 3.8) is 0 Å². The molecule has 9 nitrogen and oxygen atoms in total. The van der Waals surface area contributed by atoms with Gasteiger partial charge in [-0.1, -0.05) is 34.6 Å². The molecule has 8 rings (SSSR count). The molecule has 1 N–H and O–H groups in total. The number of aliphatic hydroxyl groups is 1. The molecule has 0 radical (unpaired) electrons. The maximum absolute atomic E-state index is 14.6. The lowest BCUT2D eigenvalue weighted by molar-refractivity contribution is -0.250. The van der Waals surface area contributed by atoms with Gasteiger partial charge in [0, 0.05) is 51.1 Å². The number of Topliss-reactive ketones (excluding diaryl/α,β-unsaturated/α-hetero) is 1. The SMILES string of the molecule is CC.CC(=O)O[C@@H](C1CCC2C(O1)C(=O)C1C3CCC4C(C)(C)[C@@H](OC5CN(C6CN(C(C)C)C6)CCO5)CC[C@@]45C[C@@]35CC[C@]21C)C(C)(C)O.S. The molecule has 0 aromatic carbocycles. The molecule has 8 fully saturated rings. The van der Waals surface area contributed by atoms with Crippen LogP contribution in [-0.4, -0.2) is 108 Å². The van der Waals surface area contributed by atoms with Crippen molar-refractivity contribution < 1.29 is 33.6 Å².